The summed E-state index contributed by atoms with van der Waals surface area (Å²) in [5.74, 6) is 0.0497. The SMILES string of the molecule is CCC1(O)CN(C(=O)Cc2cccc(N)c2)C1. The van der Waals surface area contributed by atoms with Gasteiger partial charge in [0.15, 0.2) is 0 Å². The number of hydrogen-bond acceptors (Lipinski definition) is 3. The second-order valence-electron chi connectivity index (χ2n) is 4.75. The number of hydrogen-bond donors (Lipinski definition) is 2. The van der Waals surface area contributed by atoms with Crippen molar-refractivity contribution in [3.8, 4) is 0 Å². The summed E-state index contributed by atoms with van der Waals surface area (Å²) in [7, 11) is 0. The van der Waals surface area contributed by atoms with Crippen molar-refractivity contribution >= 4 is 11.6 Å². The van der Waals surface area contributed by atoms with Crippen LogP contribution in [0.5, 0.6) is 0 Å². The Balaban J connectivity index is 1.91. The smallest absolute Gasteiger partial charge is 0.227 e. The van der Waals surface area contributed by atoms with Crippen molar-refractivity contribution in [3.63, 3.8) is 0 Å². The fourth-order valence-corrected chi connectivity index (χ4v) is 2.05. The minimum Gasteiger partial charge on any atom is -0.399 e. The Morgan fingerprint density at radius 2 is 2.24 bits per heavy atom. The summed E-state index contributed by atoms with van der Waals surface area (Å²) in [6.07, 6.45) is 1.04. The van der Waals surface area contributed by atoms with Crippen LogP contribution in [0.3, 0.4) is 0 Å². The van der Waals surface area contributed by atoms with Crippen LogP contribution in [0.2, 0.25) is 0 Å². The molecule has 17 heavy (non-hydrogen) atoms. The van der Waals surface area contributed by atoms with Gasteiger partial charge in [-0.1, -0.05) is 19.1 Å². The lowest BCUT2D eigenvalue weighted by molar-refractivity contribution is -0.155. The number of amides is 1. The van der Waals surface area contributed by atoms with Gasteiger partial charge in [0.05, 0.1) is 25.1 Å². The molecule has 4 heteroatoms. The Labute approximate surface area is 101 Å². The summed E-state index contributed by atoms with van der Waals surface area (Å²) in [6.45, 7) is 2.83. The maximum Gasteiger partial charge on any atom is 0.227 e. The van der Waals surface area contributed by atoms with Crippen molar-refractivity contribution in [2.75, 3.05) is 18.8 Å². The van der Waals surface area contributed by atoms with Crippen molar-refractivity contribution in [1.29, 1.82) is 0 Å². The van der Waals surface area contributed by atoms with Crippen molar-refractivity contribution in [2.45, 2.75) is 25.4 Å². The highest BCUT2D eigenvalue weighted by Crippen LogP contribution is 2.24. The minimum atomic E-state index is -0.661. The predicted molar refractivity (Wildman–Crippen MR) is 66.4 cm³/mol. The molecule has 1 amide bonds. The van der Waals surface area contributed by atoms with Gasteiger partial charge in [-0.15, -0.1) is 0 Å². The van der Waals surface area contributed by atoms with E-state index in [2.05, 4.69) is 0 Å². The largest absolute Gasteiger partial charge is 0.399 e. The molecule has 0 radical (unpaired) electrons. The van der Waals surface area contributed by atoms with Gasteiger partial charge in [-0.2, -0.15) is 0 Å². The molecule has 0 aliphatic carbocycles. The number of carbonyl (C=O) groups excluding carboxylic acids is 1. The second-order valence-corrected chi connectivity index (χ2v) is 4.75. The van der Waals surface area contributed by atoms with Gasteiger partial charge in [-0.3, -0.25) is 4.79 Å². The molecule has 1 aliphatic rings. The lowest BCUT2D eigenvalue weighted by atomic mass is 9.91. The molecular weight excluding hydrogens is 216 g/mol. The fourth-order valence-electron chi connectivity index (χ4n) is 2.05. The molecule has 1 aliphatic heterocycles. The number of benzene rings is 1. The zero-order chi connectivity index (χ0) is 12.5. The van der Waals surface area contributed by atoms with Crippen LogP contribution in [0, 0.1) is 0 Å². The van der Waals surface area contributed by atoms with Crippen molar-refractivity contribution < 1.29 is 9.90 Å². The van der Waals surface area contributed by atoms with Crippen LogP contribution in [-0.2, 0) is 11.2 Å². The van der Waals surface area contributed by atoms with E-state index in [4.69, 9.17) is 5.73 Å². The van der Waals surface area contributed by atoms with Crippen LogP contribution in [-0.4, -0.2) is 34.6 Å². The molecule has 0 spiro atoms. The average Bonchev–Trinajstić information content (AvgIpc) is 2.24. The molecule has 0 atom stereocenters. The molecular formula is C13H18N2O2. The highest BCUT2D eigenvalue weighted by Gasteiger charge is 2.41. The van der Waals surface area contributed by atoms with Crippen molar-refractivity contribution in [3.05, 3.63) is 29.8 Å². The zero-order valence-electron chi connectivity index (χ0n) is 10.0. The molecule has 1 fully saturated rings. The molecule has 0 saturated carbocycles. The van der Waals surface area contributed by atoms with Gasteiger partial charge < -0.3 is 15.7 Å². The number of carbonyl (C=O) groups is 1. The third-order valence-electron chi connectivity index (χ3n) is 3.29. The van der Waals surface area contributed by atoms with Crippen LogP contribution < -0.4 is 5.73 Å². The molecule has 1 saturated heterocycles. The van der Waals surface area contributed by atoms with Crippen molar-refractivity contribution in [2.24, 2.45) is 0 Å². The fraction of sp³-hybridized carbons (Fsp3) is 0.462. The maximum atomic E-state index is 11.9. The monoisotopic (exact) mass is 234 g/mol. The van der Waals surface area contributed by atoms with Gasteiger partial charge in [0.2, 0.25) is 5.91 Å². The lowest BCUT2D eigenvalue weighted by Gasteiger charge is -2.46. The molecule has 1 aromatic carbocycles. The predicted octanol–water partition coefficient (Wildman–Crippen LogP) is 0.795. The van der Waals surface area contributed by atoms with E-state index in [0.717, 1.165) is 5.56 Å². The van der Waals surface area contributed by atoms with Gasteiger partial charge in [0, 0.05) is 5.69 Å². The Hall–Kier alpha value is -1.55. The number of likely N-dealkylation sites (tertiary alicyclic amines) is 1. The summed E-state index contributed by atoms with van der Waals surface area (Å²) in [5, 5.41) is 9.83. The van der Waals surface area contributed by atoms with Crippen LogP contribution in [0.25, 0.3) is 0 Å². The summed E-state index contributed by atoms with van der Waals surface area (Å²) >= 11 is 0. The standard InChI is InChI=1S/C13H18N2O2/c1-2-13(17)8-15(9-13)12(16)7-10-4-3-5-11(14)6-10/h3-6,17H,2,7-9,14H2,1H3. The molecule has 2 rings (SSSR count). The number of nitrogen functional groups attached to an aromatic ring is 1. The molecule has 0 bridgehead atoms. The van der Waals surface area contributed by atoms with Crippen LogP contribution in [0.15, 0.2) is 24.3 Å². The zero-order valence-corrected chi connectivity index (χ0v) is 10.0. The number of nitrogens with zero attached hydrogens (tertiary/aromatic N) is 1. The Morgan fingerprint density at radius 3 is 2.82 bits per heavy atom. The highest BCUT2D eigenvalue weighted by atomic mass is 16.3. The van der Waals surface area contributed by atoms with E-state index in [-0.39, 0.29) is 5.91 Å². The molecule has 3 N–H and O–H groups in total. The first-order valence-corrected chi connectivity index (χ1v) is 5.87. The Kier molecular flexibility index (Phi) is 3.07. The Bertz CT molecular complexity index is 425. The van der Waals surface area contributed by atoms with E-state index in [9.17, 15) is 9.90 Å². The first-order valence-electron chi connectivity index (χ1n) is 5.87. The normalized spacial score (nSPS) is 17.6. The number of aliphatic hydroxyl groups is 1. The van der Waals surface area contributed by atoms with Crippen LogP contribution in [0.4, 0.5) is 5.69 Å². The number of anilines is 1. The van der Waals surface area contributed by atoms with Crippen LogP contribution >= 0.6 is 0 Å². The highest BCUT2D eigenvalue weighted by molar-refractivity contribution is 5.80. The number of rotatable bonds is 3. The first-order chi connectivity index (χ1) is 8.02. The average molecular weight is 234 g/mol. The number of β-amino-alcohol motifs (C(OH)–C–C–N with tert-alkyl or cyclic N) is 1. The third-order valence-corrected chi connectivity index (χ3v) is 3.29. The molecule has 0 unspecified atom stereocenters. The molecule has 0 aromatic heterocycles. The molecule has 4 nitrogen and oxygen atoms in total. The summed E-state index contributed by atoms with van der Waals surface area (Å²) in [4.78, 5) is 13.6. The Morgan fingerprint density at radius 1 is 1.53 bits per heavy atom. The third kappa shape index (κ3) is 2.58. The van der Waals surface area contributed by atoms with E-state index in [1.807, 2.05) is 25.1 Å². The van der Waals surface area contributed by atoms with E-state index < -0.39 is 5.60 Å². The van der Waals surface area contributed by atoms with Gasteiger partial charge >= 0.3 is 0 Å². The van der Waals surface area contributed by atoms with Gasteiger partial charge in [-0.05, 0) is 24.1 Å². The van der Waals surface area contributed by atoms with E-state index in [1.54, 1.807) is 11.0 Å². The van der Waals surface area contributed by atoms with Gasteiger partial charge in [0.1, 0.15) is 0 Å². The first kappa shape index (κ1) is 11.9. The molecule has 1 heterocycles. The maximum absolute atomic E-state index is 11.9. The summed E-state index contributed by atoms with van der Waals surface area (Å²) in [5.41, 5.74) is 6.58. The topological polar surface area (TPSA) is 66.6 Å². The van der Waals surface area contributed by atoms with E-state index in [0.29, 0.717) is 31.6 Å². The molecule has 92 valence electrons. The molecule has 1 aromatic rings. The van der Waals surface area contributed by atoms with Crippen LogP contribution in [0.1, 0.15) is 18.9 Å². The lowest BCUT2D eigenvalue weighted by Crippen LogP contribution is -2.63. The van der Waals surface area contributed by atoms with Crippen molar-refractivity contribution in [1.82, 2.24) is 4.90 Å². The summed E-state index contributed by atoms with van der Waals surface area (Å²) in [6, 6.07) is 7.34. The van der Waals surface area contributed by atoms with Gasteiger partial charge in [0.25, 0.3) is 0 Å². The van der Waals surface area contributed by atoms with Gasteiger partial charge in [-0.25, -0.2) is 0 Å². The summed E-state index contributed by atoms with van der Waals surface area (Å²) < 4.78 is 0. The number of nitrogens with two attached hydrogens (primary N) is 1. The van der Waals surface area contributed by atoms with E-state index in [1.165, 1.54) is 0 Å². The van der Waals surface area contributed by atoms with E-state index >= 15 is 0 Å². The quantitative estimate of drug-likeness (QED) is 0.760. The minimum absolute atomic E-state index is 0.0497. The second kappa shape index (κ2) is 4.37.